The van der Waals surface area contributed by atoms with Gasteiger partial charge in [0.1, 0.15) is 0 Å². The Morgan fingerprint density at radius 3 is 2.50 bits per heavy atom. The third kappa shape index (κ3) is 3.61. The van der Waals surface area contributed by atoms with Gasteiger partial charge in [-0.25, -0.2) is 9.97 Å². The number of aromatic nitrogens is 2. The molecular weight excluding hydrogens is 276 g/mol. The van der Waals surface area contributed by atoms with Gasteiger partial charge in [-0.15, -0.1) is 0 Å². The summed E-state index contributed by atoms with van der Waals surface area (Å²) in [7, 11) is 0. The third-order valence-electron chi connectivity index (χ3n) is 3.69. The van der Waals surface area contributed by atoms with Gasteiger partial charge in [-0.05, 0) is 25.3 Å². The Hall–Kier alpha value is -2.43. The largest absolute Gasteiger partial charge is 0.351 e. The highest BCUT2D eigenvalue weighted by atomic mass is 16.2. The van der Waals surface area contributed by atoms with E-state index in [1.54, 1.807) is 17.3 Å². The predicted molar refractivity (Wildman–Crippen MR) is 85.5 cm³/mol. The molecule has 0 aliphatic heterocycles. The van der Waals surface area contributed by atoms with Crippen molar-refractivity contribution in [3.63, 3.8) is 0 Å². The van der Waals surface area contributed by atoms with Crippen LogP contribution in [-0.4, -0.2) is 33.4 Å². The van der Waals surface area contributed by atoms with Gasteiger partial charge in [0.05, 0.1) is 5.56 Å². The van der Waals surface area contributed by atoms with E-state index < -0.39 is 0 Å². The molecule has 5 nitrogen and oxygen atoms in total. The van der Waals surface area contributed by atoms with Crippen molar-refractivity contribution in [2.45, 2.75) is 32.4 Å². The first-order chi connectivity index (χ1) is 10.8. The van der Waals surface area contributed by atoms with Crippen molar-refractivity contribution in [1.29, 1.82) is 0 Å². The van der Waals surface area contributed by atoms with Gasteiger partial charge in [0.25, 0.3) is 5.91 Å². The molecule has 5 heteroatoms. The molecule has 0 atom stereocenters. The van der Waals surface area contributed by atoms with E-state index in [1.807, 2.05) is 37.3 Å². The third-order valence-corrected chi connectivity index (χ3v) is 3.69. The van der Waals surface area contributed by atoms with Crippen molar-refractivity contribution in [3.05, 3.63) is 53.9 Å². The first-order valence-electron chi connectivity index (χ1n) is 7.68. The second kappa shape index (κ2) is 6.56. The fourth-order valence-corrected chi connectivity index (χ4v) is 2.24. The molecule has 1 aromatic carbocycles. The molecule has 22 heavy (non-hydrogen) atoms. The van der Waals surface area contributed by atoms with Crippen molar-refractivity contribution in [2.24, 2.45) is 0 Å². The topological polar surface area (TPSA) is 58.1 Å². The van der Waals surface area contributed by atoms with Crippen LogP contribution in [0, 0.1) is 0 Å². The molecule has 114 valence electrons. The number of rotatable bonds is 6. The van der Waals surface area contributed by atoms with E-state index in [9.17, 15) is 4.79 Å². The van der Waals surface area contributed by atoms with E-state index in [0.717, 1.165) is 5.56 Å². The minimum Gasteiger partial charge on any atom is -0.351 e. The quantitative estimate of drug-likeness (QED) is 0.890. The summed E-state index contributed by atoms with van der Waals surface area (Å²) in [5, 5.41) is 3.22. The van der Waals surface area contributed by atoms with Crippen LogP contribution in [0.15, 0.2) is 42.7 Å². The first kappa shape index (κ1) is 14.5. The summed E-state index contributed by atoms with van der Waals surface area (Å²) in [5.74, 6) is 0.564. The zero-order valence-electron chi connectivity index (χ0n) is 12.7. The molecule has 0 radical (unpaired) electrons. The summed E-state index contributed by atoms with van der Waals surface area (Å²) in [4.78, 5) is 22.8. The van der Waals surface area contributed by atoms with Gasteiger partial charge in [-0.3, -0.25) is 4.79 Å². The number of hydrogen-bond acceptors (Lipinski definition) is 4. The van der Waals surface area contributed by atoms with E-state index in [-0.39, 0.29) is 5.91 Å². The maximum absolute atomic E-state index is 12.6. The lowest BCUT2D eigenvalue weighted by molar-refractivity contribution is 0.0752. The number of amides is 1. The van der Waals surface area contributed by atoms with Crippen LogP contribution in [0.4, 0.5) is 5.95 Å². The number of anilines is 1. The minimum atomic E-state index is -0.0377. The molecule has 0 saturated heterocycles. The lowest BCUT2D eigenvalue weighted by atomic mass is 10.2. The molecule has 0 bridgehead atoms. The van der Waals surface area contributed by atoms with Crippen LogP contribution >= 0.6 is 0 Å². The average Bonchev–Trinajstić information content (AvgIpc) is 3.38. The van der Waals surface area contributed by atoms with E-state index in [0.29, 0.717) is 30.6 Å². The highest BCUT2D eigenvalue weighted by molar-refractivity contribution is 5.93. The van der Waals surface area contributed by atoms with E-state index in [1.165, 1.54) is 12.8 Å². The fraction of sp³-hybridized carbons (Fsp3) is 0.353. The Morgan fingerprint density at radius 2 is 1.91 bits per heavy atom. The molecule has 1 saturated carbocycles. The first-order valence-corrected chi connectivity index (χ1v) is 7.68. The molecule has 1 amide bonds. The van der Waals surface area contributed by atoms with Crippen LogP contribution in [-0.2, 0) is 6.54 Å². The molecular formula is C17H20N4O. The van der Waals surface area contributed by atoms with E-state index >= 15 is 0 Å². The molecule has 0 unspecified atom stereocenters. The Morgan fingerprint density at radius 1 is 1.23 bits per heavy atom. The number of benzene rings is 1. The molecule has 1 aliphatic rings. The Kier molecular flexibility index (Phi) is 4.32. The monoisotopic (exact) mass is 296 g/mol. The lowest BCUT2D eigenvalue weighted by Gasteiger charge is -2.20. The van der Waals surface area contributed by atoms with Gasteiger partial charge in [-0.2, -0.15) is 0 Å². The molecule has 1 heterocycles. The predicted octanol–water partition coefficient (Wildman–Crippen LogP) is 2.71. The molecule has 0 spiro atoms. The van der Waals surface area contributed by atoms with Crippen molar-refractivity contribution in [1.82, 2.24) is 14.9 Å². The van der Waals surface area contributed by atoms with Crippen molar-refractivity contribution >= 4 is 11.9 Å². The maximum atomic E-state index is 12.6. The van der Waals surface area contributed by atoms with Crippen LogP contribution in [0.25, 0.3) is 0 Å². The average molecular weight is 296 g/mol. The number of hydrogen-bond donors (Lipinski definition) is 1. The summed E-state index contributed by atoms with van der Waals surface area (Å²) >= 11 is 0. The standard InChI is InChI=1S/C17H20N4O/c1-2-21(12-13-6-4-3-5-7-13)16(22)14-10-18-17(19-11-14)20-15-8-9-15/h3-7,10-11,15H,2,8-9,12H2,1H3,(H,18,19,20). The summed E-state index contributed by atoms with van der Waals surface area (Å²) in [6.07, 6.45) is 5.55. The van der Waals surface area contributed by atoms with Crippen molar-refractivity contribution < 1.29 is 4.79 Å². The molecule has 2 aromatic rings. The number of carbonyl (C=O) groups excluding carboxylic acids is 1. The zero-order chi connectivity index (χ0) is 15.4. The van der Waals surface area contributed by atoms with E-state index in [2.05, 4.69) is 15.3 Å². The number of carbonyl (C=O) groups is 1. The van der Waals surface area contributed by atoms with Crippen molar-refractivity contribution in [2.75, 3.05) is 11.9 Å². The Labute approximate surface area is 130 Å². The Balaban J connectivity index is 1.67. The molecule has 1 aromatic heterocycles. The highest BCUT2D eigenvalue weighted by Gasteiger charge is 2.22. The summed E-state index contributed by atoms with van der Waals surface area (Å²) in [6.45, 7) is 3.22. The second-order valence-electron chi connectivity index (χ2n) is 5.52. The maximum Gasteiger partial charge on any atom is 0.257 e. The highest BCUT2D eigenvalue weighted by Crippen LogP contribution is 2.22. The van der Waals surface area contributed by atoms with Crippen LogP contribution < -0.4 is 5.32 Å². The van der Waals surface area contributed by atoms with Crippen LogP contribution in [0.2, 0.25) is 0 Å². The smallest absolute Gasteiger partial charge is 0.257 e. The number of nitrogens with zero attached hydrogens (tertiary/aromatic N) is 3. The van der Waals surface area contributed by atoms with Gasteiger partial charge in [-0.1, -0.05) is 30.3 Å². The van der Waals surface area contributed by atoms with Gasteiger partial charge >= 0.3 is 0 Å². The van der Waals surface area contributed by atoms with E-state index in [4.69, 9.17) is 0 Å². The van der Waals surface area contributed by atoms with Crippen molar-refractivity contribution in [3.8, 4) is 0 Å². The number of nitrogens with one attached hydrogen (secondary N) is 1. The SMILES string of the molecule is CCN(Cc1ccccc1)C(=O)c1cnc(NC2CC2)nc1. The molecule has 1 aliphatic carbocycles. The van der Waals surface area contributed by atoms with Crippen LogP contribution in [0.3, 0.4) is 0 Å². The Bertz CT molecular complexity index is 623. The molecule has 3 rings (SSSR count). The van der Waals surface area contributed by atoms with Gasteiger partial charge < -0.3 is 10.2 Å². The summed E-state index contributed by atoms with van der Waals surface area (Å²) in [5.41, 5.74) is 1.64. The fourth-order valence-electron chi connectivity index (χ4n) is 2.24. The molecule has 1 fully saturated rings. The van der Waals surface area contributed by atoms with Gasteiger partial charge in [0.15, 0.2) is 0 Å². The van der Waals surface area contributed by atoms with Crippen LogP contribution in [0.5, 0.6) is 0 Å². The zero-order valence-corrected chi connectivity index (χ0v) is 12.7. The second-order valence-corrected chi connectivity index (χ2v) is 5.52. The van der Waals surface area contributed by atoms with Gasteiger partial charge in [0.2, 0.25) is 5.95 Å². The summed E-state index contributed by atoms with van der Waals surface area (Å²) in [6, 6.07) is 10.5. The van der Waals surface area contributed by atoms with Gasteiger partial charge in [0, 0.05) is 31.5 Å². The molecule has 1 N–H and O–H groups in total. The normalized spacial score (nSPS) is 13.7. The minimum absolute atomic E-state index is 0.0377. The van der Waals surface area contributed by atoms with Crippen LogP contribution in [0.1, 0.15) is 35.7 Å². The lowest BCUT2D eigenvalue weighted by Crippen LogP contribution is -2.30. The summed E-state index contributed by atoms with van der Waals surface area (Å²) < 4.78 is 0.